The lowest BCUT2D eigenvalue weighted by Gasteiger charge is -2.33. The summed E-state index contributed by atoms with van der Waals surface area (Å²) in [5, 5.41) is 9.53. The van der Waals surface area contributed by atoms with Crippen LogP contribution in [0.5, 0.6) is 0 Å². The Morgan fingerprint density at radius 2 is 2.00 bits per heavy atom. The highest BCUT2D eigenvalue weighted by Gasteiger charge is 2.33. The molecule has 1 N–H and O–H groups in total. The van der Waals surface area contributed by atoms with Crippen molar-refractivity contribution in [3.05, 3.63) is 35.9 Å². The number of hydrogen-bond donors (Lipinski definition) is 1. The summed E-state index contributed by atoms with van der Waals surface area (Å²) in [4.78, 5) is 0. The lowest BCUT2D eigenvalue weighted by Crippen LogP contribution is -2.44. The second-order valence-corrected chi connectivity index (χ2v) is 6.65. The maximum absolute atomic E-state index is 11.2. The van der Waals surface area contributed by atoms with Gasteiger partial charge in [0, 0.05) is 6.42 Å². The van der Waals surface area contributed by atoms with Crippen molar-refractivity contribution in [2.45, 2.75) is 37.9 Å². The average molecular weight is 316 g/mol. The molecule has 118 valence electrons. The first kappa shape index (κ1) is 16.4. The third-order valence-corrected chi connectivity index (χ3v) is 3.73. The first-order valence-electron chi connectivity index (χ1n) is 6.77. The monoisotopic (exact) mass is 316 g/mol. The van der Waals surface area contributed by atoms with Gasteiger partial charge in [-0.2, -0.15) is 8.42 Å². The van der Waals surface area contributed by atoms with Crippen LogP contribution in [0.4, 0.5) is 0 Å². The lowest BCUT2D eigenvalue weighted by molar-refractivity contribution is -0.207. The molecule has 0 amide bonds. The Bertz CT molecular complexity index is 530. The number of rotatable bonds is 6. The zero-order valence-electron chi connectivity index (χ0n) is 11.8. The summed E-state index contributed by atoms with van der Waals surface area (Å²) >= 11 is 0. The van der Waals surface area contributed by atoms with Crippen molar-refractivity contribution in [2.24, 2.45) is 0 Å². The van der Waals surface area contributed by atoms with Crippen LogP contribution in [0.25, 0.3) is 0 Å². The van der Waals surface area contributed by atoms with Crippen LogP contribution < -0.4 is 0 Å². The standard InChI is InChI=1S/C14H20O6S/c1-21(16,17)20-12-7-8-14(15)19-13(12)10-18-9-11-5-3-2-4-6-11/h2-6,12-15H,7-10H2,1H3/t12-,13-,14+/m1/s1. The van der Waals surface area contributed by atoms with E-state index in [0.29, 0.717) is 19.4 Å². The maximum Gasteiger partial charge on any atom is 0.264 e. The zero-order chi connectivity index (χ0) is 15.3. The van der Waals surface area contributed by atoms with E-state index >= 15 is 0 Å². The van der Waals surface area contributed by atoms with E-state index in [2.05, 4.69) is 0 Å². The fourth-order valence-electron chi connectivity index (χ4n) is 2.20. The molecule has 0 saturated carbocycles. The first-order chi connectivity index (χ1) is 9.94. The van der Waals surface area contributed by atoms with Gasteiger partial charge in [0.15, 0.2) is 6.29 Å². The van der Waals surface area contributed by atoms with Crippen molar-refractivity contribution in [2.75, 3.05) is 12.9 Å². The van der Waals surface area contributed by atoms with Crippen LogP contribution in [0.2, 0.25) is 0 Å². The van der Waals surface area contributed by atoms with Crippen LogP contribution >= 0.6 is 0 Å². The molecule has 1 aliphatic rings. The minimum atomic E-state index is -3.57. The van der Waals surface area contributed by atoms with Crippen LogP contribution in [0.1, 0.15) is 18.4 Å². The van der Waals surface area contributed by atoms with E-state index in [1.807, 2.05) is 30.3 Å². The van der Waals surface area contributed by atoms with Gasteiger partial charge in [0.1, 0.15) is 12.2 Å². The molecule has 6 nitrogen and oxygen atoms in total. The van der Waals surface area contributed by atoms with E-state index in [4.69, 9.17) is 13.7 Å². The molecular weight excluding hydrogens is 296 g/mol. The molecule has 1 aromatic rings. The molecule has 7 heteroatoms. The molecule has 1 aliphatic heterocycles. The minimum absolute atomic E-state index is 0.159. The molecule has 0 aromatic heterocycles. The highest BCUT2D eigenvalue weighted by Crippen LogP contribution is 2.23. The van der Waals surface area contributed by atoms with Gasteiger partial charge in [-0.25, -0.2) is 0 Å². The van der Waals surface area contributed by atoms with Gasteiger partial charge in [-0.15, -0.1) is 0 Å². The predicted octanol–water partition coefficient (Wildman–Crippen LogP) is 1.05. The summed E-state index contributed by atoms with van der Waals surface area (Å²) in [6, 6.07) is 9.60. The topological polar surface area (TPSA) is 82.1 Å². The van der Waals surface area contributed by atoms with Crippen LogP contribution in [-0.4, -0.2) is 44.9 Å². The lowest BCUT2D eigenvalue weighted by atomic mass is 10.1. The Kier molecular flexibility index (Phi) is 5.72. The number of benzene rings is 1. The molecule has 1 fully saturated rings. The zero-order valence-corrected chi connectivity index (χ0v) is 12.7. The van der Waals surface area contributed by atoms with Crippen LogP contribution in [0.3, 0.4) is 0 Å². The number of hydrogen-bond acceptors (Lipinski definition) is 6. The molecule has 1 heterocycles. The van der Waals surface area contributed by atoms with E-state index in [9.17, 15) is 13.5 Å². The van der Waals surface area contributed by atoms with Gasteiger partial charge < -0.3 is 14.6 Å². The summed E-state index contributed by atoms with van der Waals surface area (Å²) in [6.45, 7) is 0.550. The minimum Gasteiger partial charge on any atom is -0.374 e. The first-order valence-corrected chi connectivity index (χ1v) is 8.59. The van der Waals surface area contributed by atoms with Crippen molar-refractivity contribution >= 4 is 10.1 Å². The van der Waals surface area contributed by atoms with Crippen molar-refractivity contribution in [1.29, 1.82) is 0 Å². The summed E-state index contributed by atoms with van der Waals surface area (Å²) in [7, 11) is -3.57. The third kappa shape index (κ3) is 5.72. The smallest absolute Gasteiger partial charge is 0.264 e. The van der Waals surface area contributed by atoms with E-state index in [0.717, 1.165) is 11.8 Å². The largest absolute Gasteiger partial charge is 0.374 e. The predicted molar refractivity (Wildman–Crippen MR) is 75.9 cm³/mol. The summed E-state index contributed by atoms with van der Waals surface area (Å²) in [5.41, 5.74) is 1.01. The highest BCUT2D eigenvalue weighted by molar-refractivity contribution is 7.86. The van der Waals surface area contributed by atoms with E-state index < -0.39 is 28.6 Å². The Labute approximate surface area is 124 Å². The molecule has 21 heavy (non-hydrogen) atoms. The second-order valence-electron chi connectivity index (χ2n) is 5.05. The average Bonchev–Trinajstić information content (AvgIpc) is 2.42. The van der Waals surface area contributed by atoms with Gasteiger partial charge in [-0.3, -0.25) is 4.18 Å². The summed E-state index contributed by atoms with van der Waals surface area (Å²) < 4.78 is 38.3. The molecule has 3 atom stereocenters. The molecule has 0 unspecified atom stereocenters. The quantitative estimate of drug-likeness (QED) is 0.790. The summed E-state index contributed by atoms with van der Waals surface area (Å²) in [5.74, 6) is 0. The molecule has 0 radical (unpaired) electrons. The molecule has 0 bridgehead atoms. The summed E-state index contributed by atoms with van der Waals surface area (Å²) in [6.07, 6.45) is -0.385. The van der Waals surface area contributed by atoms with E-state index in [1.54, 1.807) is 0 Å². The van der Waals surface area contributed by atoms with Crippen LogP contribution in [-0.2, 0) is 30.4 Å². The van der Waals surface area contributed by atoms with Crippen LogP contribution in [0, 0.1) is 0 Å². The van der Waals surface area contributed by atoms with E-state index in [-0.39, 0.29) is 6.61 Å². The molecule has 1 saturated heterocycles. The van der Waals surface area contributed by atoms with E-state index in [1.165, 1.54) is 0 Å². The van der Waals surface area contributed by atoms with Crippen molar-refractivity contribution in [3.8, 4) is 0 Å². The van der Waals surface area contributed by atoms with Gasteiger partial charge in [-0.1, -0.05) is 30.3 Å². The fraction of sp³-hybridized carbons (Fsp3) is 0.571. The molecule has 0 spiro atoms. The normalized spacial score (nSPS) is 26.7. The highest BCUT2D eigenvalue weighted by atomic mass is 32.2. The Morgan fingerprint density at radius 1 is 1.29 bits per heavy atom. The second kappa shape index (κ2) is 7.33. The number of aliphatic hydroxyl groups excluding tert-OH is 1. The maximum atomic E-state index is 11.2. The third-order valence-electron chi connectivity index (χ3n) is 3.14. The van der Waals surface area contributed by atoms with Gasteiger partial charge >= 0.3 is 0 Å². The van der Waals surface area contributed by atoms with Gasteiger partial charge in [0.05, 0.1) is 19.5 Å². The van der Waals surface area contributed by atoms with Crippen molar-refractivity contribution in [3.63, 3.8) is 0 Å². The molecular formula is C14H20O6S. The van der Waals surface area contributed by atoms with Gasteiger partial charge in [0.2, 0.25) is 0 Å². The van der Waals surface area contributed by atoms with Crippen molar-refractivity contribution < 1.29 is 27.2 Å². The fourth-order valence-corrected chi connectivity index (χ4v) is 2.87. The number of aliphatic hydroxyl groups is 1. The van der Waals surface area contributed by atoms with Gasteiger partial charge in [-0.05, 0) is 12.0 Å². The molecule has 1 aromatic carbocycles. The van der Waals surface area contributed by atoms with Crippen molar-refractivity contribution in [1.82, 2.24) is 0 Å². The molecule has 0 aliphatic carbocycles. The number of ether oxygens (including phenoxy) is 2. The van der Waals surface area contributed by atoms with Gasteiger partial charge in [0.25, 0.3) is 10.1 Å². The SMILES string of the molecule is CS(=O)(=O)O[C@@H]1CC[C@@H](O)O[C@@H]1COCc1ccccc1. The Morgan fingerprint density at radius 3 is 2.67 bits per heavy atom. The Hall–Kier alpha value is -0.990. The van der Waals surface area contributed by atoms with Crippen LogP contribution in [0.15, 0.2) is 30.3 Å². The Balaban J connectivity index is 1.88. The molecule has 2 rings (SSSR count).